The van der Waals surface area contributed by atoms with Crippen LogP contribution in [0.5, 0.6) is 0 Å². The maximum Gasteiger partial charge on any atom is 0.0719 e. The van der Waals surface area contributed by atoms with Crippen molar-refractivity contribution in [2.24, 2.45) is 0 Å². The zero-order chi connectivity index (χ0) is 30.1. The van der Waals surface area contributed by atoms with Crippen LogP contribution in [0.3, 0.4) is 0 Å². The first kappa shape index (κ1) is 26.5. The molecule has 9 rings (SSSR count). The molecule has 0 heterocycles. The molecule has 216 valence electrons. The van der Waals surface area contributed by atoms with Crippen LogP contribution in [0.2, 0.25) is 0 Å². The standard InChI is InChI=1S/C45H36/c1-29(2)31-18-22-38-32(27-31)20-24-41-39(38)25-26-42-40-23-19-33(37-21-17-30-11-9-10-16-36(30)37)28-43(40)45(44(41)42,34-12-5-3-6-13-34)35-14-7-4-8-15-35/h3-16,18-20,22-29,37H,17,21H2,1-2H3. The van der Waals surface area contributed by atoms with Crippen LogP contribution in [0.25, 0.3) is 32.7 Å². The third kappa shape index (κ3) is 3.78. The van der Waals surface area contributed by atoms with E-state index in [-0.39, 0.29) is 0 Å². The molecule has 0 aliphatic heterocycles. The van der Waals surface area contributed by atoms with Crippen molar-refractivity contribution in [3.05, 3.63) is 190 Å². The summed E-state index contributed by atoms with van der Waals surface area (Å²) in [7, 11) is 0. The van der Waals surface area contributed by atoms with Crippen LogP contribution < -0.4 is 0 Å². The summed E-state index contributed by atoms with van der Waals surface area (Å²) in [6.45, 7) is 4.55. The molecule has 0 bridgehead atoms. The van der Waals surface area contributed by atoms with Crippen molar-refractivity contribution in [3.63, 3.8) is 0 Å². The van der Waals surface area contributed by atoms with Crippen molar-refractivity contribution in [1.82, 2.24) is 0 Å². The molecule has 0 saturated heterocycles. The van der Waals surface area contributed by atoms with Gasteiger partial charge in [0.05, 0.1) is 5.41 Å². The summed E-state index contributed by atoms with van der Waals surface area (Å²) in [4.78, 5) is 0. The largest absolute Gasteiger partial charge is 0.0719 e. The Morgan fingerprint density at radius 3 is 2.00 bits per heavy atom. The highest BCUT2D eigenvalue weighted by Gasteiger charge is 2.47. The van der Waals surface area contributed by atoms with Crippen LogP contribution in [-0.4, -0.2) is 0 Å². The van der Waals surface area contributed by atoms with E-state index in [4.69, 9.17) is 0 Å². The second-order valence-corrected chi connectivity index (χ2v) is 13.4. The molecule has 7 aromatic rings. The summed E-state index contributed by atoms with van der Waals surface area (Å²) >= 11 is 0. The first-order valence-electron chi connectivity index (χ1n) is 16.5. The molecular formula is C45H36. The number of rotatable bonds is 4. The molecule has 0 N–H and O–H groups in total. The lowest BCUT2D eigenvalue weighted by Gasteiger charge is -2.35. The molecule has 0 saturated carbocycles. The highest BCUT2D eigenvalue weighted by molar-refractivity contribution is 6.12. The minimum atomic E-state index is -0.438. The summed E-state index contributed by atoms with van der Waals surface area (Å²) < 4.78 is 0. The van der Waals surface area contributed by atoms with Gasteiger partial charge < -0.3 is 0 Å². The average molecular weight is 577 g/mol. The van der Waals surface area contributed by atoms with E-state index in [1.807, 2.05) is 0 Å². The van der Waals surface area contributed by atoms with Gasteiger partial charge in [-0.3, -0.25) is 0 Å². The van der Waals surface area contributed by atoms with E-state index in [0.29, 0.717) is 11.8 Å². The number of hydrogen-bond donors (Lipinski definition) is 0. The van der Waals surface area contributed by atoms with Crippen LogP contribution in [0.1, 0.15) is 76.6 Å². The van der Waals surface area contributed by atoms with E-state index in [1.165, 1.54) is 83.6 Å². The maximum absolute atomic E-state index is 2.57. The molecule has 0 fully saturated rings. The van der Waals surface area contributed by atoms with Gasteiger partial charge in [-0.1, -0.05) is 159 Å². The van der Waals surface area contributed by atoms with Crippen LogP contribution in [0.4, 0.5) is 0 Å². The molecule has 0 nitrogen and oxygen atoms in total. The maximum atomic E-state index is 2.57. The van der Waals surface area contributed by atoms with Gasteiger partial charge in [0.1, 0.15) is 0 Å². The fourth-order valence-electron chi connectivity index (χ4n) is 8.66. The molecule has 0 heteroatoms. The third-order valence-electron chi connectivity index (χ3n) is 10.8. The van der Waals surface area contributed by atoms with E-state index >= 15 is 0 Å². The van der Waals surface area contributed by atoms with Crippen molar-refractivity contribution >= 4 is 21.5 Å². The molecule has 0 aromatic heterocycles. The Bertz CT molecular complexity index is 2200. The summed E-state index contributed by atoms with van der Waals surface area (Å²) in [6.07, 6.45) is 2.32. The molecule has 0 amide bonds. The molecule has 0 radical (unpaired) electrons. The van der Waals surface area contributed by atoms with Gasteiger partial charge in [-0.05, 0) is 95.9 Å². The molecule has 2 aliphatic carbocycles. The lowest BCUT2D eigenvalue weighted by Crippen LogP contribution is -2.29. The minimum Gasteiger partial charge on any atom is -0.0622 e. The Morgan fingerprint density at radius 2 is 1.24 bits per heavy atom. The average Bonchev–Trinajstić information content (AvgIpc) is 3.66. The molecule has 1 unspecified atom stereocenters. The lowest BCUT2D eigenvalue weighted by atomic mass is 9.66. The second-order valence-electron chi connectivity index (χ2n) is 13.4. The van der Waals surface area contributed by atoms with Gasteiger partial charge in [-0.2, -0.15) is 0 Å². The number of aryl methyl sites for hydroxylation is 1. The second kappa shape index (κ2) is 10.0. The smallest absolute Gasteiger partial charge is 0.0622 e. The van der Waals surface area contributed by atoms with E-state index in [0.717, 1.165) is 6.42 Å². The zero-order valence-corrected chi connectivity index (χ0v) is 25.9. The fraction of sp³-hybridized carbons (Fsp3) is 0.156. The van der Waals surface area contributed by atoms with Crippen LogP contribution in [0, 0.1) is 0 Å². The highest BCUT2D eigenvalue weighted by Crippen LogP contribution is 2.59. The SMILES string of the molecule is CC(C)c1ccc2c(ccc3c4c(ccc32)-c2ccc(C3CCc5ccccc53)cc2C4(c2ccccc2)c2ccccc2)c1. The number of hydrogen-bond acceptors (Lipinski definition) is 0. The van der Waals surface area contributed by atoms with Crippen LogP contribution in [0.15, 0.2) is 146 Å². The van der Waals surface area contributed by atoms with E-state index in [9.17, 15) is 0 Å². The topological polar surface area (TPSA) is 0 Å². The Hall–Kier alpha value is -4.94. The first-order valence-corrected chi connectivity index (χ1v) is 16.5. The van der Waals surface area contributed by atoms with Crippen molar-refractivity contribution in [3.8, 4) is 11.1 Å². The van der Waals surface area contributed by atoms with E-state index in [1.54, 1.807) is 0 Å². The van der Waals surface area contributed by atoms with Gasteiger partial charge in [0, 0.05) is 5.92 Å². The summed E-state index contributed by atoms with van der Waals surface area (Å²) in [6, 6.07) is 55.6. The molecule has 2 aliphatic rings. The normalized spacial score (nSPS) is 16.2. The van der Waals surface area contributed by atoms with Gasteiger partial charge in [0.15, 0.2) is 0 Å². The van der Waals surface area contributed by atoms with Crippen molar-refractivity contribution in [1.29, 1.82) is 0 Å². The van der Waals surface area contributed by atoms with E-state index < -0.39 is 5.41 Å². The molecule has 7 aromatic carbocycles. The van der Waals surface area contributed by atoms with Crippen LogP contribution in [-0.2, 0) is 11.8 Å². The first-order chi connectivity index (χ1) is 22.1. The fourth-order valence-corrected chi connectivity index (χ4v) is 8.66. The number of fused-ring (bicyclic) bond motifs is 8. The predicted octanol–water partition coefficient (Wildman–Crippen LogP) is 11.6. The quantitative estimate of drug-likeness (QED) is 0.183. The lowest BCUT2D eigenvalue weighted by molar-refractivity contribution is 0.758. The highest BCUT2D eigenvalue weighted by atomic mass is 14.5. The third-order valence-corrected chi connectivity index (χ3v) is 10.8. The Morgan fingerprint density at radius 1 is 0.578 bits per heavy atom. The zero-order valence-electron chi connectivity index (χ0n) is 25.9. The van der Waals surface area contributed by atoms with Gasteiger partial charge in [0.25, 0.3) is 0 Å². The number of benzene rings is 7. The molecular weight excluding hydrogens is 540 g/mol. The van der Waals surface area contributed by atoms with Gasteiger partial charge in [-0.25, -0.2) is 0 Å². The summed E-state index contributed by atoms with van der Waals surface area (Å²) in [5.41, 5.74) is 13.5. The molecule has 0 spiro atoms. The van der Waals surface area contributed by atoms with E-state index in [2.05, 4.69) is 159 Å². The van der Waals surface area contributed by atoms with Gasteiger partial charge in [0.2, 0.25) is 0 Å². The van der Waals surface area contributed by atoms with Crippen molar-refractivity contribution < 1.29 is 0 Å². The summed E-state index contributed by atoms with van der Waals surface area (Å²) in [5.74, 6) is 0.930. The molecule has 1 atom stereocenters. The predicted molar refractivity (Wildman–Crippen MR) is 189 cm³/mol. The Labute approximate surface area is 266 Å². The Balaban J connectivity index is 1.39. The summed E-state index contributed by atoms with van der Waals surface area (Å²) in [5, 5.41) is 5.31. The van der Waals surface area contributed by atoms with Gasteiger partial charge >= 0.3 is 0 Å². The van der Waals surface area contributed by atoms with Gasteiger partial charge in [-0.15, -0.1) is 0 Å². The Kier molecular flexibility index (Phi) is 5.91. The monoisotopic (exact) mass is 576 g/mol. The van der Waals surface area contributed by atoms with Crippen molar-refractivity contribution in [2.45, 2.75) is 43.9 Å². The van der Waals surface area contributed by atoms with Crippen LogP contribution >= 0.6 is 0 Å². The van der Waals surface area contributed by atoms with Crippen molar-refractivity contribution in [2.75, 3.05) is 0 Å². The minimum absolute atomic E-state index is 0.426. The molecule has 45 heavy (non-hydrogen) atoms.